The van der Waals surface area contributed by atoms with Gasteiger partial charge in [0.05, 0.1) is 10.9 Å². The highest BCUT2D eigenvalue weighted by Crippen LogP contribution is 2.49. The zero-order chi connectivity index (χ0) is 47.3. The van der Waals surface area contributed by atoms with E-state index in [1.807, 2.05) is 0 Å². The normalized spacial score (nSPS) is 14.7. The standard InChI is InChI=1S/C35H32F14O11S2/c1-20(2)27(55-4)60-30(34(44,45)46,35(47,48)49)18-57-22-7-13-25(14-8-22)61(26-15-9-23(10-16-26)59-28(50)31(36,37)62(51,52)53)24-11-5-21(6-12-24)56-17-29(32(38,39)40,33(41,42)43)58-19-54-3/h5-16,20,27H,17-19H2,1-4H3. The highest BCUT2D eigenvalue weighted by Gasteiger charge is 2.75. The van der Waals surface area contributed by atoms with Crippen molar-refractivity contribution in [2.75, 3.05) is 34.2 Å². The highest BCUT2D eigenvalue weighted by molar-refractivity contribution is 7.97. The van der Waals surface area contributed by atoms with Crippen LogP contribution in [0.3, 0.4) is 0 Å². The number of methoxy groups -OCH3 is 2. The fourth-order valence-corrected chi connectivity index (χ4v) is 7.16. The van der Waals surface area contributed by atoms with Crippen LogP contribution in [-0.2, 0) is 44.8 Å². The van der Waals surface area contributed by atoms with E-state index in [1.165, 1.54) is 13.8 Å². The summed E-state index contributed by atoms with van der Waals surface area (Å²) in [6.45, 7) is -3.30. The van der Waals surface area contributed by atoms with Gasteiger partial charge >= 0.3 is 35.9 Å². The third-order valence-corrected chi connectivity index (χ3v) is 11.2. The number of rotatable bonds is 19. The molecule has 0 fully saturated rings. The quantitative estimate of drug-likeness (QED) is 0.0285. The molecule has 0 heterocycles. The largest absolute Gasteiger partial charge is 0.743 e. The minimum atomic E-state index is -6.52. The molecule has 0 radical (unpaired) electrons. The molecule has 0 bridgehead atoms. The molecule has 3 rings (SSSR count). The number of esters is 1. The molecule has 3 aromatic rings. The third kappa shape index (κ3) is 11.5. The van der Waals surface area contributed by atoms with Crippen LogP contribution in [0, 0.1) is 5.92 Å². The first-order valence-corrected chi connectivity index (χ1v) is 19.4. The van der Waals surface area contributed by atoms with Crippen molar-refractivity contribution in [1.82, 2.24) is 0 Å². The van der Waals surface area contributed by atoms with E-state index in [1.54, 1.807) is 0 Å². The summed E-state index contributed by atoms with van der Waals surface area (Å²) in [4.78, 5) is 12.1. The van der Waals surface area contributed by atoms with Gasteiger partial charge in [-0.25, -0.2) is 13.2 Å². The smallest absolute Gasteiger partial charge is 0.430 e. The molecule has 2 atom stereocenters. The number of carbonyl (C=O) groups is 1. The van der Waals surface area contributed by atoms with E-state index in [4.69, 9.17) is 9.47 Å². The number of hydrogen-bond acceptors (Lipinski definition) is 11. The van der Waals surface area contributed by atoms with Crippen LogP contribution in [0.4, 0.5) is 61.5 Å². The van der Waals surface area contributed by atoms with E-state index in [0.717, 1.165) is 87.0 Å². The summed E-state index contributed by atoms with van der Waals surface area (Å²) >= 11 is 0. The minimum Gasteiger partial charge on any atom is -0.743 e. The lowest BCUT2D eigenvalue weighted by Crippen LogP contribution is -2.64. The fraction of sp³-hybridized carbons (Fsp3) is 0.457. The van der Waals surface area contributed by atoms with Crippen molar-refractivity contribution in [3.05, 3.63) is 72.8 Å². The molecule has 348 valence electrons. The lowest BCUT2D eigenvalue weighted by atomic mass is 10.0. The molecule has 0 aliphatic heterocycles. The molecule has 0 aliphatic carbocycles. The summed E-state index contributed by atoms with van der Waals surface area (Å²) in [6.07, 6.45) is -26.3. The molecule has 0 aliphatic rings. The van der Waals surface area contributed by atoms with Crippen molar-refractivity contribution < 1.29 is 112 Å². The zero-order valence-electron chi connectivity index (χ0n) is 31.8. The maximum absolute atomic E-state index is 14.2. The Labute approximate surface area is 345 Å². The average molecular weight is 959 g/mol. The predicted molar refractivity (Wildman–Crippen MR) is 182 cm³/mol. The Morgan fingerprint density at radius 1 is 0.613 bits per heavy atom. The van der Waals surface area contributed by atoms with E-state index >= 15 is 0 Å². The Morgan fingerprint density at radius 2 is 0.968 bits per heavy atom. The molecular formula is C35H32F14O11S2. The Morgan fingerprint density at radius 3 is 1.27 bits per heavy atom. The van der Waals surface area contributed by atoms with Crippen molar-refractivity contribution in [3.8, 4) is 17.2 Å². The van der Waals surface area contributed by atoms with E-state index in [2.05, 4.69) is 23.7 Å². The van der Waals surface area contributed by atoms with Crippen LogP contribution in [0.5, 0.6) is 17.2 Å². The maximum Gasteiger partial charge on any atom is 0.430 e. The monoisotopic (exact) mass is 958 g/mol. The second-order valence-electron chi connectivity index (χ2n) is 12.8. The summed E-state index contributed by atoms with van der Waals surface area (Å²) in [5.41, 5.74) is -9.76. The first-order valence-electron chi connectivity index (χ1n) is 16.7. The molecule has 0 saturated carbocycles. The van der Waals surface area contributed by atoms with Gasteiger partial charge in [0, 0.05) is 20.1 Å². The van der Waals surface area contributed by atoms with Gasteiger partial charge in [-0.15, -0.1) is 0 Å². The van der Waals surface area contributed by atoms with Gasteiger partial charge in [0.2, 0.25) is 0 Å². The molecule has 3 aromatic carbocycles. The number of ether oxygens (including phenoxy) is 7. The Hall–Kier alpha value is -4.15. The lowest BCUT2D eigenvalue weighted by molar-refractivity contribution is -0.415. The highest BCUT2D eigenvalue weighted by atomic mass is 32.2. The molecule has 0 saturated heterocycles. The Bertz CT molecular complexity index is 2010. The second-order valence-corrected chi connectivity index (χ2v) is 16.3. The Balaban J connectivity index is 2.07. The molecule has 11 nitrogen and oxygen atoms in total. The van der Waals surface area contributed by atoms with E-state index in [0.29, 0.717) is 0 Å². The lowest BCUT2D eigenvalue weighted by Gasteiger charge is -2.39. The second kappa shape index (κ2) is 19.3. The van der Waals surface area contributed by atoms with Crippen LogP contribution >= 0.6 is 0 Å². The topological polar surface area (TPSA) is 139 Å². The number of benzene rings is 3. The molecule has 0 amide bonds. The molecule has 27 heteroatoms. The van der Waals surface area contributed by atoms with Crippen LogP contribution in [-0.4, -0.2) is 101 Å². The molecule has 0 spiro atoms. The number of halogens is 14. The van der Waals surface area contributed by atoms with E-state index in [-0.39, 0.29) is 14.7 Å². The molecule has 0 aromatic heterocycles. The van der Waals surface area contributed by atoms with Crippen molar-refractivity contribution in [3.63, 3.8) is 0 Å². The maximum atomic E-state index is 14.2. The summed E-state index contributed by atoms with van der Waals surface area (Å²) in [7, 11) is -6.47. The third-order valence-electron chi connectivity index (χ3n) is 8.17. The first kappa shape index (κ1) is 52.2. The summed E-state index contributed by atoms with van der Waals surface area (Å²) in [5, 5.41) is -5.51. The van der Waals surface area contributed by atoms with E-state index in [9.17, 15) is 79.2 Å². The van der Waals surface area contributed by atoms with E-state index < -0.39 is 118 Å². The van der Waals surface area contributed by atoms with Crippen molar-refractivity contribution >= 4 is 27.0 Å². The molecule has 62 heavy (non-hydrogen) atoms. The zero-order valence-corrected chi connectivity index (χ0v) is 33.4. The van der Waals surface area contributed by atoms with Gasteiger partial charge < -0.3 is 37.7 Å². The average Bonchev–Trinajstić information content (AvgIpc) is 3.14. The predicted octanol–water partition coefficient (Wildman–Crippen LogP) is 8.58. The van der Waals surface area contributed by atoms with Crippen molar-refractivity contribution in [1.29, 1.82) is 0 Å². The Kier molecular flexibility index (Phi) is 16.2. The molecular weight excluding hydrogens is 926 g/mol. The molecule has 0 N–H and O–H groups in total. The van der Waals surface area contributed by atoms with Gasteiger partial charge in [-0.05, 0) is 72.8 Å². The number of alkyl halides is 14. The van der Waals surface area contributed by atoms with Crippen LogP contribution in [0.1, 0.15) is 13.8 Å². The van der Waals surface area contributed by atoms with Gasteiger partial charge in [-0.1, -0.05) is 13.8 Å². The minimum absolute atomic E-state index is 0.109. The first-order chi connectivity index (χ1) is 28.3. The van der Waals surface area contributed by atoms with Crippen molar-refractivity contribution in [2.45, 2.75) is 76.0 Å². The summed E-state index contributed by atoms with van der Waals surface area (Å²) in [5.74, 6) is -5.66. The van der Waals surface area contributed by atoms with Gasteiger partial charge in [0.25, 0.3) is 11.2 Å². The number of hydrogen-bond donors (Lipinski definition) is 0. The molecule has 2 unspecified atom stereocenters. The SMILES string of the molecule is COCOC(COc1ccc([S+](c2ccc(OCC(OC(OC)C(C)C)(C(F)(F)F)C(F)(F)F)cc2)c2ccc(OC(=O)C(F)(F)S(=O)(=O)[O-])cc2)cc1)(C(F)(F)F)C(F)(F)F. The summed E-state index contributed by atoms with van der Waals surface area (Å²) < 4.78 is 259. The van der Waals surface area contributed by atoms with Gasteiger partial charge in [-0.2, -0.15) is 61.5 Å². The summed E-state index contributed by atoms with van der Waals surface area (Å²) in [6, 6.07) is 12.0. The van der Waals surface area contributed by atoms with Gasteiger partial charge in [0.1, 0.15) is 37.3 Å². The van der Waals surface area contributed by atoms with Crippen LogP contribution in [0.15, 0.2) is 87.5 Å². The van der Waals surface area contributed by atoms with Crippen LogP contribution in [0.25, 0.3) is 0 Å². The number of carbonyl (C=O) groups excluding carboxylic acids is 1. The van der Waals surface area contributed by atoms with Crippen LogP contribution < -0.4 is 14.2 Å². The van der Waals surface area contributed by atoms with Crippen molar-refractivity contribution in [2.24, 2.45) is 5.92 Å². The van der Waals surface area contributed by atoms with Gasteiger partial charge in [0.15, 0.2) is 31.1 Å². The van der Waals surface area contributed by atoms with Crippen LogP contribution in [0.2, 0.25) is 0 Å². The fourth-order valence-electron chi connectivity index (χ4n) is 4.87. The van der Waals surface area contributed by atoms with Gasteiger partial charge in [-0.3, -0.25) is 0 Å².